The maximum Gasteiger partial charge on any atom is 0.319 e. The van der Waals surface area contributed by atoms with Gasteiger partial charge in [-0.2, -0.15) is 0 Å². The third-order valence-corrected chi connectivity index (χ3v) is 4.10. The predicted molar refractivity (Wildman–Crippen MR) is 91.2 cm³/mol. The lowest BCUT2D eigenvalue weighted by Gasteiger charge is -2.36. The molecule has 1 aromatic rings. The molecule has 1 aromatic carbocycles. The van der Waals surface area contributed by atoms with Gasteiger partial charge in [0.1, 0.15) is 6.04 Å². The van der Waals surface area contributed by atoms with Gasteiger partial charge < -0.3 is 21.3 Å². The average Bonchev–Trinajstić information content (AvgIpc) is 2.55. The number of amides is 4. The molecule has 0 saturated carbocycles. The van der Waals surface area contributed by atoms with Crippen LogP contribution in [0.3, 0.4) is 0 Å². The number of nitrogens with two attached hydrogens (primary N) is 1. The zero-order valence-corrected chi connectivity index (χ0v) is 13.8. The van der Waals surface area contributed by atoms with Crippen molar-refractivity contribution in [3.8, 4) is 0 Å². The molecule has 7 nitrogen and oxygen atoms in total. The number of nitrogens with zero attached hydrogens (tertiary/aromatic N) is 1. The van der Waals surface area contributed by atoms with Gasteiger partial charge in [-0.3, -0.25) is 9.59 Å². The highest BCUT2D eigenvalue weighted by atomic mass is 16.2. The summed E-state index contributed by atoms with van der Waals surface area (Å²) in [5, 5.41) is 5.32. The summed E-state index contributed by atoms with van der Waals surface area (Å²) in [6.07, 6.45) is 2.79. The van der Waals surface area contributed by atoms with Crippen LogP contribution in [0.5, 0.6) is 0 Å². The summed E-state index contributed by atoms with van der Waals surface area (Å²) in [5.41, 5.74) is 5.92. The van der Waals surface area contributed by atoms with Crippen LogP contribution < -0.4 is 16.4 Å². The van der Waals surface area contributed by atoms with Gasteiger partial charge in [-0.15, -0.1) is 0 Å². The number of para-hydroxylation sites is 1. The Morgan fingerprint density at radius 3 is 2.62 bits per heavy atom. The number of benzene rings is 1. The van der Waals surface area contributed by atoms with Crippen molar-refractivity contribution in [1.29, 1.82) is 0 Å². The zero-order chi connectivity index (χ0) is 17.5. The largest absolute Gasteiger partial charge is 0.370 e. The summed E-state index contributed by atoms with van der Waals surface area (Å²) >= 11 is 0. The number of nitrogens with one attached hydrogen (secondary N) is 2. The van der Waals surface area contributed by atoms with E-state index in [1.165, 1.54) is 0 Å². The van der Waals surface area contributed by atoms with Crippen molar-refractivity contribution in [2.24, 2.45) is 5.73 Å². The van der Waals surface area contributed by atoms with E-state index in [4.69, 9.17) is 5.73 Å². The first-order valence-corrected chi connectivity index (χ1v) is 8.18. The fourth-order valence-electron chi connectivity index (χ4n) is 2.93. The number of urea groups is 1. The first-order valence-electron chi connectivity index (χ1n) is 8.18. The maximum absolute atomic E-state index is 12.6. The van der Waals surface area contributed by atoms with Gasteiger partial charge in [0.15, 0.2) is 0 Å². The molecule has 0 radical (unpaired) electrons. The normalized spacial score (nSPS) is 18.5. The van der Waals surface area contributed by atoms with Gasteiger partial charge in [-0.05, 0) is 38.3 Å². The Morgan fingerprint density at radius 2 is 1.96 bits per heavy atom. The summed E-state index contributed by atoms with van der Waals surface area (Å²) in [7, 11) is 0. The van der Waals surface area contributed by atoms with Crippen LogP contribution in [-0.2, 0) is 9.59 Å². The molecule has 0 unspecified atom stereocenters. The number of hydrogen-bond donors (Lipinski definition) is 3. The highest BCUT2D eigenvalue weighted by Gasteiger charge is 2.31. The predicted octanol–water partition coefficient (Wildman–Crippen LogP) is 1.45. The molecule has 2 atom stereocenters. The fraction of sp³-hybridized carbons (Fsp3) is 0.471. The first-order chi connectivity index (χ1) is 11.5. The molecule has 24 heavy (non-hydrogen) atoms. The Morgan fingerprint density at radius 1 is 1.25 bits per heavy atom. The van der Waals surface area contributed by atoms with Crippen molar-refractivity contribution in [3.05, 3.63) is 30.3 Å². The van der Waals surface area contributed by atoms with Gasteiger partial charge in [-0.25, -0.2) is 4.79 Å². The molecule has 0 spiro atoms. The molecular weight excluding hydrogens is 308 g/mol. The van der Waals surface area contributed by atoms with Gasteiger partial charge in [-0.1, -0.05) is 18.2 Å². The SMILES string of the molecule is C[C@H](NC(=O)Nc1ccccc1)C(=O)N1CCCC[C@H]1CC(N)=O. The van der Waals surface area contributed by atoms with E-state index in [0.29, 0.717) is 12.2 Å². The van der Waals surface area contributed by atoms with Crippen molar-refractivity contribution in [3.63, 3.8) is 0 Å². The number of anilines is 1. The fourth-order valence-corrected chi connectivity index (χ4v) is 2.93. The van der Waals surface area contributed by atoms with Crippen LogP contribution in [0.25, 0.3) is 0 Å². The minimum absolute atomic E-state index is 0.161. The van der Waals surface area contributed by atoms with Crippen LogP contribution in [0, 0.1) is 0 Å². The summed E-state index contributed by atoms with van der Waals surface area (Å²) in [5.74, 6) is -0.605. The number of hydrogen-bond acceptors (Lipinski definition) is 3. The minimum Gasteiger partial charge on any atom is -0.370 e. The number of piperidine rings is 1. The lowest BCUT2D eigenvalue weighted by molar-refractivity contribution is -0.137. The van der Waals surface area contributed by atoms with Crippen LogP contribution in [-0.4, -0.2) is 41.4 Å². The van der Waals surface area contributed by atoms with Crippen molar-refractivity contribution in [2.45, 2.75) is 44.7 Å². The summed E-state index contributed by atoms with van der Waals surface area (Å²) in [6, 6.07) is 7.71. The minimum atomic E-state index is -0.679. The lowest BCUT2D eigenvalue weighted by atomic mass is 9.98. The molecule has 4 N–H and O–H groups in total. The Hall–Kier alpha value is -2.57. The van der Waals surface area contributed by atoms with Crippen molar-refractivity contribution >= 4 is 23.5 Å². The molecule has 1 aliphatic heterocycles. The third kappa shape index (κ3) is 4.97. The molecule has 7 heteroatoms. The molecule has 4 amide bonds. The van der Waals surface area contributed by atoms with E-state index in [2.05, 4.69) is 10.6 Å². The Labute approximate surface area is 141 Å². The zero-order valence-electron chi connectivity index (χ0n) is 13.8. The van der Waals surface area contributed by atoms with Crippen LogP contribution in [0.1, 0.15) is 32.6 Å². The molecule has 0 aliphatic carbocycles. The molecule has 0 bridgehead atoms. The highest BCUT2D eigenvalue weighted by Crippen LogP contribution is 2.20. The molecule has 1 fully saturated rings. The topological polar surface area (TPSA) is 105 Å². The molecule has 1 saturated heterocycles. The van der Waals surface area contributed by atoms with Crippen molar-refractivity contribution in [2.75, 3.05) is 11.9 Å². The van der Waals surface area contributed by atoms with Crippen molar-refractivity contribution < 1.29 is 14.4 Å². The van der Waals surface area contributed by atoms with Gasteiger partial charge in [0.25, 0.3) is 0 Å². The van der Waals surface area contributed by atoms with E-state index < -0.39 is 18.0 Å². The molecule has 1 aliphatic rings. The highest BCUT2D eigenvalue weighted by molar-refractivity contribution is 5.93. The second-order valence-corrected chi connectivity index (χ2v) is 6.04. The molecule has 0 aromatic heterocycles. The number of carbonyl (C=O) groups is 3. The van der Waals surface area contributed by atoms with Gasteiger partial charge in [0.05, 0.1) is 0 Å². The quantitative estimate of drug-likeness (QED) is 0.760. The smallest absolute Gasteiger partial charge is 0.319 e. The van der Waals surface area contributed by atoms with Crippen LogP contribution in [0.4, 0.5) is 10.5 Å². The first kappa shape index (κ1) is 17.8. The van der Waals surface area contributed by atoms with Crippen LogP contribution >= 0.6 is 0 Å². The van der Waals surface area contributed by atoms with Crippen LogP contribution in [0.2, 0.25) is 0 Å². The van der Waals surface area contributed by atoms with Crippen molar-refractivity contribution in [1.82, 2.24) is 10.2 Å². The monoisotopic (exact) mass is 332 g/mol. The third-order valence-electron chi connectivity index (χ3n) is 4.10. The molecule has 2 rings (SSSR count). The number of carbonyl (C=O) groups excluding carboxylic acids is 3. The second-order valence-electron chi connectivity index (χ2n) is 6.04. The second kappa shape index (κ2) is 8.33. The Kier molecular flexibility index (Phi) is 6.17. The summed E-state index contributed by atoms with van der Waals surface area (Å²) < 4.78 is 0. The van der Waals surface area contributed by atoms with E-state index in [9.17, 15) is 14.4 Å². The standard InChI is InChI=1S/C17H24N4O3/c1-12(19-17(24)20-13-7-3-2-4-8-13)16(23)21-10-6-5-9-14(21)11-15(18)22/h2-4,7-8,12,14H,5-6,9-11H2,1H3,(H2,18,22)(H2,19,20,24)/t12-,14-/m0/s1. The molecular formula is C17H24N4O3. The van der Waals surface area contributed by atoms with Gasteiger partial charge in [0.2, 0.25) is 11.8 Å². The maximum atomic E-state index is 12.6. The average molecular weight is 332 g/mol. The van der Waals surface area contributed by atoms with Gasteiger partial charge in [0, 0.05) is 24.7 Å². The lowest BCUT2D eigenvalue weighted by Crippen LogP contribution is -2.53. The van der Waals surface area contributed by atoms with E-state index >= 15 is 0 Å². The number of rotatable bonds is 5. The summed E-state index contributed by atoms with van der Waals surface area (Å²) in [4.78, 5) is 37.5. The Balaban J connectivity index is 1.92. The van der Waals surface area contributed by atoms with E-state index in [-0.39, 0.29) is 18.4 Å². The molecule has 130 valence electrons. The Bertz CT molecular complexity index is 591. The summed E-state index contributed by atoms with van der Waals surface area (Å²) in [6.45, 7) is 2.23. The van der Waals surface area contributed by atoms with E-state index in [0.717, 1.165) is 19.3 Å². The van der Waals surface area contributed by atoms with E-state index in [1.807, 2.05) is 18.2 Å². The number of likely N-dealkylation sites (tertiary alicyclic amines) is 1. The van der Waals surface area contributed by atoms with Gasteiger partial charge >= 0.3 is 6.03 Å². The number of primary amides is 1. The van der Waals surface area contributed by atoms with Crippen LogP contribution in [0.15, 0.2) is 30.3 Å². The molecule has 1 heterocycles. The van der Waals surface area contributed by atoms with E-state index in [1.54, 1.807) is 24.0 Å².